The molecular weight excluding hydrogens is 152 g/mol. The molecular formula is C9H22OSi. The Labute approximate surface area is 73.9 Å². The largest absolute Gasteiger partial charge is 0.380 e. The number of ether oxygens (including phenoxy) is 1. The van der Waals surface area contributed by atoms with Crippen molar-refractivity contribution in [2.75, 3.05) is 0 Å². The lowest BCUT2D eigenvalue weighted by atomic mass is 10.2. The molecule has 1 nitrogen and oxygen atoms in total. The lowest BCUT2D eigenvalue weighted by Gasteiger charge is -2.15. The highest BCUT2D eigenvalue weighted by Gasteiger charge is 2.02. The Morgan fingerprint density at radius 3 is 2.36 bits per heavy atom. The second kappa shape index (κ2) is 6.86. The minimum Gasteiger partial charge on any atom is -0.380 e. The first-order valence-electron chi connectivity index (χ1n) is 4.82. The van der Waals surface area contributed by atoms with Gasteiger partial charge in [0.05, 0.1) is 6.10 Å². The van der Waals surface area contributed by atoms with Crippen molar-refractivity contribution in [2.24, 2.45) is 0 Å². The molecule has 0 aliphatic carbocycles. The molecule has 1 unspecified atom stereocenters. The highest BCUT2D eigenvalue weighted by atomic mass is 28.1. The Kier molecular flexibility index (Phi) is 6.97. The minimum atomic E-state index is 0.416. The Morgan fingerprint density at radius 1 is 1.27 bits per heavy atom. The molecule has 0 aliphatic heterocycles. The van der Waals surface area contributed by atoms with Crippen LogP contribution in [0.2, 0.25) is 0 Å². The van der Waals surface area contributed by atoms with Crippen molar-refractivity contribution in [3.63, 3.8) is 0 Å². The van der Waals surface area contributed by atoms with Crippen LogP contribution in [-0.2, 0) is 4.74 Å². The summed E-state index contributed by atoms with van der Waals surface area (Å²) in [5.41, 5.74) is 0.585. The topological polar surface area (TPSA) is 9.23 Å². The zero-order chi connectivity index (χ0) is 8.69. The van der Waals surface area contributed by atoms with E-state index in [2.05, 4.69) is 20.8 Å². The Bertz CT molecular complexity index is 83.6. The molecule has 0 aliphatic rings. The van der Waals surface area contributed by atoms with Gasteiger partial charge in [-0.2, -0.15) is 0 Å². The van der Waals surface area contributed by atoms with Crippen molar-refractivity contribution in [1.82, 2.24) is 0 Å². The summed E-state index contributed by atoms with van der Waals surface area (Å²) in [7, 11) is 1.18. The molecule has 0 fully saturated rings. The van der Waals surface area contributed by atoms with E-state index < -0.39 is 0 Å². The summed E-state index contributed by atoms with van der Waals surface area (Å²) in [6.07, 6.45) is 5.71. The molecule has 0 aromatic carbocycles. The van der Waals surface area contributed by atoms with Crippen LogP contribution < -0.4 is 0 Å². The van der Waals surface area contributed by atoms with Gasteiger partial charge in [-0.05, 0) is 20.3 Å². The number of unbranched alkanes of at least 4 members (excludes halogenated alkanes) is 2. The molecule has 0 spiro atoms. The van der Waals surface area contributed by atoms with Crippen LogP contribution in [0.3, 0.4) is 0 Å². The van der Waals surface area contributed by atoms with Gasteiger partial charge in [-0.1, -0.05) is 26.2 Å². The van der Waals surface area contributed by atoms with Crippen molar-refractivity contribution in [1.29, 1.82) is 0 Å². The Morgan fingerprint density at radius 2 is 1.91 bits per heavy atom. The van der Waals surface area contributed by atoms with E-state index in [9.17, 15) is 0 Å². The molecule has 2 heteroatoms. The normalized spacial score (nSPS) is 14.2. The molecule has 0 rings (SSSR count). The Hall–Kier alpha value is 0.177. The first-order chi connectivity index (χ1) is 5.16. The fourth-order valence-corrected chi connectivity index (χ4v) is 2.17. The van der Waals surface area contributed by atoms with Crippen molar-refractivity contribution >= 4 is 10.2 Å². The van der Waals surface area contributed by atoms with Gasteiger partial charge in [0.15, 0.2) is 0 Å². The van der Waals surface area contributed by atoms with Crippen molar-refractivity contribution in [2.45, 2.75) is 58.3 Å². The SMILES string of the molecule is CCCCCC([SiH3])OC(C)C. The van der Waals surface area contributed by atoms with Crippen LogP contribution in [-0.4, -0.2) is 22.1 Å². The zero-order valence-electron chi connectivity index (χ0n) is 8.39. The monoisotopic (exact) mass is 174 g/mol. The summed E-state index contributed by atoms with van der Waals surface area (Å²) in [6.45, 7) is 6.47. The van der Waals surface area contributed by atoms with Gasteiger partial charge in [-0.15, -0.1) is 0 Å². The fraction of sp³-hybridized carbons (Fsp3) is 1.00. The van der Waals surface area contributed by atoms with Gasteiger partial charge >= 0.3 is 0 Å². The van der Waals surface area contributed by atoms with Crippen molar-refractivity contribution in [3.8, 4) is 0 Å². The number of hydrogen-bond donors (Lipinski definition) is 0. The van der Waals surface area contributed by atoms with Gasteiger partial charge in [0.2, 0.25) is 0 Å². The van der Waals surface area contributed by atoms with Crippen LogP contribution in [0.1, 0.15) is 46.5 Å². The molecule has 0 bridgehead atoms. The van der Waals surface area contributed by atoms with E-state index in [1.807, 2.05) is 0 Å². The van der Waals surface area contributed by atoms with Crippen LogP contribution in [0, 0.1) is 0 Å². The average molecular weight is 174 g/mol. The molecule has 0 heterocycles. The van der Waals surface area contributed by atoms with Gasteiger partial charge in [0.25, 0.3) is 0 Å². The Balaban J connectivity index is 3.15. The summed E-state index contributed by atoms with van der Waals surface area (Å²) in [4.78, 5) is 0. The maximum absolute atomic E-state index is 5.66. The molecule has 11 heavy (non-hydrogen) atoms. The van der Waals surface area contributed by atoms with Gasteiger partial charge in [0.1, 0.15) is 0 Å². The lowest BCUT2D eigenvalue weighted by molar-refractivity contribution is 0.0489. The molecule has 0 amide bonds. The first-order valence-corrected chi connectivity index (χ1v) is 5.97. The molecule has 0 aromatic heterocycles. The van der Waals surface area contributed by atoms with E-state index >= 15 is 0 Å². The fourth-order valence-electron chi connectivity index (χ4n) is 1.21. The minimum absolute atomic E-state index is 0.416. The molecule has 0 saturated heterocycles. The lowest BCUT2D eigenvalue weighted by Crippen LogP contribution is -2.17. The van der Waals surface area contributed by atoms with E-state index in [0.29, 0.717) is 11.8 Å². The van der Waals surface area contributed by atoms with Crippen LogP contribution in [0.5, 0.6) is 0 Å². The maximum Gasteiger partial charge on any atom is 0.0517 e. The zero-order valence-corrected chi connectivity index (χ0v) is 10.4. The van der Waals surface area contributed by atoms with Crippen molar-refractivity contribution in [3.05, 3.63) is 0 Å². The highest BCUT2D eigenvalue weighted by Crippen LogP contribution is 2.05. The number of hydrogen-bond acceptors (Lipinski definition) is 1. The van der Waals surface area contributed by atoms with Gasteiger partial charge < -0.3 is 4.74 Å². The van der Waals surface area contributed by atoms with E-state index in [4.69, 9.17) is 4.74 Å². The molecule has 0 saturated carbocycles. The molecule has 0 N–H and O–H groups in total. The third kappa shape index (κ3) is 8.08. The standard InChI is InChI=1S/C9H22OSi/c1-4-5-6-7-9(11)10-8(2)3/h8-9H,4-7H2,1-3,11H3. The van der Waals surface area contributed by atoms with Gasteiger partial charge in [-0.25, -0.2) is 0 Å². The molecule has 0 radical (unpaired) electrons. The third-order valence-electron chi connectivity index (χ3n) is 1.72. The molecule has 1 atom stereocenters. The summed E-state index contributed by atoms with van der Waals surface area (Å²) >= 11 is 0. The van der Waals surface area contributed by atoms with Crippen molar-refractivity contribution < 1.29 is 4.74 Å². The van der Waals surface area contributed by atoms with Gasteiger partial charge in [-0.3, -0.25) is 0 Å². The highest BCUT2D eigenvalue weighted by molar-refractivity contribution is 6.10. The van der Waals surface area contributed by atoms with E-state index in [1.54, 1.807) is 0 Å². The summed E-state index contributed by atoms with van der Waals surface area (Å²) in [5, 5.41) is 0. The second-order valence-electron chi connectivity index (χ2n) is 3.49. The first kappa shape index (κ1) is 11.2. The van der Waals surface area contributed by atoms with Crippen LogP contribution >= 0.6 is 0 Å². The van der Waals surface area contributed by atoms with Crippen LogP contribution in [0.15, 0.2) is 0 Å². The summed E-state index contributed by atoms with van der Waals surface area (Å²) in [5.74, 6) is 0. The van der Waals surface area contributed by atoms with E-state index in [-0.39, 0.29) is 0 Å². The maximum atomic E-state index is 5.66. The van der Waals surface area contributed by atoms with Gasteiger partial charge in [0, 0.05) is 16.0 Å². The summed E-state index contributed by atoms with van der Waals surface area (Å²) in [6, 6.07) is 0. The van der Waals surface area contributed by atoms with Crippen LogP contribution in [0.4, 0.5) is 0 Å². The van der Waals surface area contributed by atoms with Crippen LogP contribution in [0.25, 0.3) is 0 Å². The quantitative estimate of drug-likeness (QED) is 0.440. The third-order valence-corrected chi connectivity index (χ3v) is 2.57. The predicted molar refractivity (Wildman–Crippen MR) is 54.1 cm³/mol. The smallest absolute Gasteiger partial charge is 0.0517 e. The molecule has 68 valence electrons. The summed E-state index contributed by atoms with van der Waals surface area (Å²) < 4.78 is 5.66. The molecule has 0 aromatic rings. The number of rotatable bonds is 6. The van der Waals surface area contributed by atoms with E-state index in [0.717, 1.165) is 0 Å². The predicted octanol–water partition coefficient (Wildman–Crippen LogP) is 1.68. The van der Waals surface area contributed by atoms with E-state index in [1.165, 1.54) is 35.9 Å². The average Bonchev–Trinajstić information content (AvgIpc) is 1.86. The second-order valence-corrected chi connectivity index (χ2v) is 4.78.